The van der Waals surface area contributed by atoms with Gasteiger partial charge in [0.15, 0.2) is 0 Å². The van der Waals surface area contributed by atoms with Gasteiger partial charge in [0, 0.05) is 30.8 Å². The topological polar surface area (TPSA) is 34.2 Å². The van der Waals surface area contributed by atoms with E-state index in [0.29, 0.717) is 6.04 Å². The summed E-state index contributed by atoms with van der Waals surface area (Å²) in [5, 5.41) is 3.69. The Morgan fingerprint density at radius 2 is 2.09 bits per heavy atom. The number of aromatic nitrogens is 1. The van der Waals surface area contributed by atoms with Gasteiger partial charge in [-0.3, -0.25) is 4.98 Å². The van der Waals surface area contributed by atoms with Crippen molar-refractivity contribution in [1.82, 2.24) is 10.3 Å². The largest absolute Gasteiger partial charge is 0.487 e. The van der Waals surface area contributed by atoms with Crippen LogP contribution in [-0.4, -0.2) is 10.6 Å². The fraction of sp³-hybridized carbons (Fsp3) is 0.450. The molecule has 1 aliphatic heterocycles. The molecule has 2 unspecified atom stereocenters. The van der Waals surface area contributed by atoms with Crippen molar-refractivity contribution in [3.63, 3.8) is 0 Å². The number of hydrogen-bond acceptors (Lipinski definition) is 3. The summed E-state index contributed by atoms with van der Waals surface area (Å²) in [7, 11) is 0. The summed E-state index contributed by atoms with van der Waals surface area (Å²) in [6, 6.07) is 10.8. The molecule has 1 aromatic heterocycles. The van der Waals surface area contributed by atoms with E-state index in [1.165, 1.54) is 16.7 Å². The quantitative estimate of drug-likeness (QED) is 0.904. The van der Waals surface area contributed by atoms with Gasteiger partial charge in [-0.15, -0.1) is 0 Å². The predicted octanol–water partition coefficient (Wildman–Crippen LogP) is 4.48. The van der Waals surface area contributed by atoms with Gasteiger partial charge in [-0.2, -0.15) is 0 Å². The highest BCUT2D eigenvalue weighted by Gasteiger charge is 2.36. The van der Waals surface area contributed by atoms with Crippen molar-refractivity contribution in [2.24, 2.45) is 0 Å². The number of ether oxygens (including phenoxy) is 1. The molecule has 2 atom stereocenters. The van der Waals surface area contributed by atoms with Crippen LogP contribution >= 0.6 is 0 Å². The monoisotopic (exact) mass is 310 g/mol. The molecule has 3 heteroatoms. The zero-order valence-corrected chi connectivity index (χ0v) is 14.5. The van der Waals surface area contributed by atoms with Gasteiger partial charge < -0.3 is 10.1 Å². The molecule has 0 radical (unpaired) electrons. The highest BCUT2D eigenvalue weighted by Crippen LogP contribution is 2.43. The molecule has 0 fully saturated rings. The number of pyridine rings is 1. The number of nitrogens with one attached hydrogen (secondary N) is 1. The molecule has 3 rings (SSSR count). The van der Waals surface area contributed by atoms with Gasteiger partial charge in [0.2, 0.25) is 0 Å². The fourth-order valence-electron chi connectivity index (χ4n) is 3.18. The van der Waals surface area contributed by atoms with Gasteiger partial charge in [0.25, 0.3) is 0 Å². The van der Waals surface area contributed by atoms with Crippen LogP contribution < -0.4 is 10.1 Å². The molecule has 122 valence electrons. The van der Waals surface area contributed by atoms with Crippen molar-refractivity contribution in [2.75, 3.05) is 0 Å². The SMILES string of the molecule is CCC1(C)CC(NCc2ccccn2)c2ccc(C)c(C)c2O1. The third-order valence-corrected chi connectivity index (χ3v) is 5.07. The van der Waals surface area contributed by atoms with Crippen LogP contribution in [0, 0.1) is 13.8 Å². The summed E-state index contributed by atoms with van der Waals surface area (Å²) in [6.45, 7) is 9.50. The predicted molar refractivity (Wildman–Crippen MR) is 93.7 cm³/mol. The standard InChI is InChI=1S/C20H26N2O/c1-5-20(4)12-18(22-13-16-8-6-7-11-21-16)17-10-9-14(2)15(3)19(17)23-20/h6-11,18,22H,5,12-13H2,1-4H3. The third-order valence-electron chi connectivity index (χ3n) is 5.07. The fourth-order valence-corrected chi connectivity index (χ4v) is 3.18. The minimum Gasteiger partial charge on any atom is -0.487 e. The van der Waals surface area contributed by atoms with E-state index < -0.39 is 0 Å². The van der Waals surface area contributed by atoms with E-state index >= 15 is 0 Å². The lowest BCUT2D eigenvalue weighted by atomic mass is 9.85. The van der Waals surface area contributed by atoms with Crippen LogP contribution in [0.5, 0.6) is 5.75 Å². The number of hydrogen-bond donors (Lipinski definition) is 1. The Bertz CT molecular complexity index is 684. The third kappa shape index (κ3) is 3.25. The molecule has 0 saturated carbocycles. The van der Waals surface area contributed by atoms with Crippen LogP contribution in [-0.2, 0) is 6.54 Å². The lowest BCUT2D eigenvalue weighted by Gasteiger charge is -2.41. The first kappa shape index (κ1) is 16.0. The smallest absolute Gasteiger partial charge is 0.128 e. The van der Waals surface area contributed by atoms with Crippen LogP contribution in [0.15, 0.2) is 36.5 Å². The lowest BCUT2D eigenvalue weighted by molar-refractivity contribution is 0.0430. The van der Waals surface area contributed by atoms with E-state index in [0.717, 1.165) is 30.8 Å². The maximum absolute atomic E-state index is 6.41. The lowest BCUT2D eigenvalue weighted by Crippen LogP contribution is -2.41. The van der Waals surface area contributed by atoms with Crippen molar-refractivity contribution in [1.29, 1.82) is 0 Å². The molecule has 0 spiro atoms. The van der Waals surface area contributed by atoms with Crippen LogP contribution in [0.4, 0.5) is 0 Å². The minimum atomic E-state index is -0.118. The van der Waals surface area contributed by atoms with Gasteiger partial charge in [0.1, 0.15) is 11.4 Å². The van der Waals surface area contributed by atoms with Crippen molar-refractivity contribution in [3.05, 3.63) is 58.9 Å². The van der Waals surface area contributed by atoms with Crippen molar-refractivity contribution < 1.29 is 4.74 Å². The second-order valence-corrected chi connectivity index (χ2v) is 6.79. The maximum atomic E-state index is 6.41. The minimum absolute atomic E-state index is 0.118. The number of benzene rings is 1. The Morgan fingerprint density at radius 1 is 1.26 bits per heavy atom. The van der Waals surface area contributed by atoms with E-state index in [9.17, 15) is 0 Å². The van der Waals surface area contributed by atoms with E-state index in [1.807, 2.05) is 18.3 Å². The molecular formula is C20H26N2O. The zero-order chi connectivity index (χ0) is 16.4. The average molecular weight is 310 g/mol. The summed E-state index contributed by atoms with van der Waals surface area (Å²) >= 11 is 0. The first-order valence-corrected chi connectivity index (χ1v) is 8.45. The van der Waals surface area contributed by atoms with Crippen molar-refractivity contribution in [3.8, 4) is 5.75 Å². The second-order valence-electron chi connectivity index (χ2n) is 6.79. The number of fused-ring (bicyclic) bond motifs is 1. The van der Waals surface area contributed by atoms with Crippen molar-refractivity contribution >= 4 is 0 Å². The number of aryl methyl sites for hydroxylation is 1. The van der Waals surface area contributed by atoms with Crippen molar-refractivity contribution in [2.45, 2.75) is 58.7 Å². The highest BCUT2D eigenvalue weighted by atomic mass is 16.5. The van der Waals surface area contributed by atoms with Gasteiger partial charge in [-0.25, -0.2) is 0 Å². The Kier molecular flexibility index (Phi) is 4.40. The molecule has 2 heterocycles. The molecule has 1 N–H and O–H groups in total. The van der Waals surface area contributed by atoms with E-state index in [2.05, 4.69) is 56.2 Å². The van der Waals surface area contributed by atoms with E-state index in [4.69, 9.17) is 4.74 Å². The molecule has 1 aliphatic rings. The van der Waals surface area contributed by atoms with Crippen LogP contribution in [0.2, 0.25) is 0 Å². The molecule has 0 aliphatic carbocycles. The average Bonchev–Trinajstić information content (AvgIpc) is 2.57. The zero-order valence-electron chi connectivity index (χ0n) is 14.5. The van der Waals surface area contributed by atoms with Crippen LogP contribution in [0.3, 0.4) is 0 Å². The first-order valence-electron chi connectivity index (χ1n) is 8.45. The second kappa shape index (κ2) is 6.32. The summed E-state index contributed by atoms with van der Waals surface area (Å²) in [5.74, 6) is 1.07. The molecule has 0 bridgehead atoms. The molecule has 23 heavy (non-hydrogen) atoms. The maximum Gasteiger partial charge on any atom is 0.128 e. The molecule has 1 aromatic carbocycles. The van der Waals surface area contributed by atoms with Crippen LogP contribution in [0.25, 0.3) is 0 Å². The number of rotatable bonds is 4. The Balaban J connectivity index is 1.89. The summed E-state index contributed by atoms with van der Waals surface area (Å²) in [5.41, 5.74) is 4.77. The van der Waals surface area contributed by atoms with E-state index in [-0.39, 0.29) is 5.60 Å². The summed E-state index contributed by atoms with van der Waals surface area (Å²) in [6.07, 6.45) is 3.83. The molecule has 0 amide bonds. The number of nitrogens with zero attached hydrogens (tertiary/aromatic N) is 1. The summed E-state index contributed by atoms with van der Waals surface area (Å²) < 4.78 is 6.41. The van der Waals surface area contributed by atoms with Crippen LogP contribution in [0.1, 0.15) is 55.1 Å². The normalized spacial score (nSPS) is 23.2. The Labute approximate surface area is 139 Å². The van der Waals surface area contributed by atoms with Gasteiger partial charge in [-0.05, 0) is 50.5 Å². The summed E-state index contributed by atoms with van der Waals surface area (Å²) in [4.78, 5) is 4.41. The van der Waals surface area contributed by atoms with Gasteiger partial charge in [0.05, 0.1) is 5.69 Å². The molecule has 2 aromatic rings. The van der Waals surface area contributed by atoms with Gasteiger partial charge >= 0.3 is 0 Å². The molecule has 0 saturated heterocycles. The Hall–Kier alpha value is -1.87. The highest BCUT2D eigenvalue weighted by molar-refractivity contribution is 5.48. The first-order chi connectivity index (χ1) is 11.0. The molecule has 3 nitrogen and oxygen atoms in total. The van der Waals surface area contributed by atoms with Gasteiger partial charge in [-0.1, -0.05) is 25.1 Å². The Morgan fingerprint density at radius 3 is 2.78 bits per heavy atom. The molecular weight excluding hydrogens is 284 g/mol. The van der Waals surface area contributed by atoms with E-state index in [1.54, 1.807) is 0 Å².